The second-order valence-corrected chi connectivity index (χ2v) is 6.80. The molecule has 2 N–H and O–H groups in total. The Bertz CT molecular complexity index is 949. The number of carbonyl (C=O) groups excluding carboxylic acids is 1. The third kappa shape index (κ3) is 2.80. The molecular formula is C19H18N2O3. The van der Waals surface area contributed by atoms with E-state index in [4.69, 9.17) is 5.11 Å². The summed E-state index contributed by atoms with van der Waals surface area (Å²) in [6, 6.07) is 8.50. The number of hydrogen-bond acceptors (Lipinski definition) is 3. The van der Waals surface area contributed by atoms with Crippen LogP contribution >= 0.6 is 0 Å². The Balaban J connectivity index is 2.16. The summed E-state index contributed by atoms with van der Waals surface area (Å²) in [5.41, 5.74) is 2.55. The lowest BCUT2D eigenvalue weighted by Gasteiger charge is -2.14. The standard InChI is InChI=1S/C19H18N2O3/c1-19(2,3)17(22)15-8-13-14(9-20-10-16(13)21-15)11-5-4-6-12(7-11)18(23)24/h4-10,21H,1-3H3,(H,23,24). The van der Waals surface area contributed by atoms with Crippen molar-refractivity contribution in [3.63, 3.8) is 0 Å². The van der Waals surface area contributed by atoms with E-state index in [0.29, 0.717) is 5.69 Å². The number of nitrogens with one attached hydrogen (secondary N) is 1. The highest BCUT2D eigenvalue weighted by molar-refractivity contribution is 6.05. The van der Waals surface area contributed by atoms with Gasteiger partial charge in [0.2, 0.25) is 0 Å². The van der Waals surface area contributed by atoms with Crippen LogP contribution in [0.3, 0.4) is 0 Å². The molecule has 0 unspecified atom stereocenters. The number of fused-ring (bicyclic) bond motifs is 1. The molecule has 5 nitrogen and oxygen atoms in total. The lowest BCUT2D eigenvalue weighted by Crippen LogP contribution is -2.20. The van der Waals surface area contributed by atoms with Crippen molar-refractivity contribution in [3.8, 4) is 11.1 Å². The fourth-order valence-electron chi connectivity index (χ4n) is 2.63. The van der Waals surface area contributed by atoms with Gasteiger partial charge >= 0.3 is 5.97 Å². The number of aromatic amines is 1. The monoisotopic (exact) mass is 322 g/mol. The topological polar surface area (TPSA) is 83.1 Å². The highest BCUT2D eigenvalue weighted by Gasteiger charge is 2.25. The average Bonchev–Trinajstić information content (AvgIpc) is 2.97. The van der Waals surface area contributed by atoms with Crippen molar-refractivity contribution in [2.75, 3.05) is 0 Å². The van der Waals surface area contributed by atoms with Gasteiger partial charge in [-0.3, -0.25) is 9.78 Å². The van der Waals surface area contributed by atoms with Crippen LogP contribution in [0, 0.1) is 5.41 Å². The Morgan fingerprint density at radius 2 is 1.88 bits per heavy atom. The number of H-pyrrole nitrogens is 1. The largest absolute Gasteiger partial charge is 0.478 e. The zero-order chi connectivity index (χ0) is 17.5. The Hall–Kier alpha value is -2.95. The first-order valence-electron chi connectivity index (χ1n) is 7.62. The number of rotatable bonds is 3. The fraction of sp³-hybridized carbons (Fsp3) is 0.211. The van der Waals surface area contributed by atoms with Crippen LogP contribution in [0.4, 0.5) is 0 Å². The fourth-order valence-corrected chi connectivity index (χ4v) is 2.63. The van der Waals surface area contributed by atoms with Crippen LogP contribution < -0.4 is 0 Å². The maximum Gasteiger partial charge on any atom is 0.335 e. The van der Waals surface area contributed by atoms with Crippen LogP contribution in [0.15, 0.2) is 42.7 Å². The molecule has 5 heteroatoms. The van der Waals surface area contributed by atoms with E-state index in [2.05, 4.69) is 9.97 Å². The number of carbonyl (C=O) groups is 2. The molecule has 0 aliphatic carbocycles. The molecular weight excluding hydrogens is 304 g/mol. The summed E-state index contributed by atoms with van der Waals surface area (Å²) >= 11 is 0. The maximum absolute atomic E-state index is 12.5. The van der Waals surface area contributed by atoms with Crippen LogP contribution in [0.1, 0.15) is 41.6 Å². The Morgan fingerprint density at radius 1 is 1.12 bits per heavy atom. The number of aromatic nitrogens is 2. The van der Waals surface area contributed by atoms with Crippen molar-refractivity contribution in [1.29, 1.82) is 0 Å². The van der Waals surface area contributed by atoms with E-state index in [1.165, 1.54) is 0 Å². The number of hydrogen-bond donors (Lipinski definition) is 2. The third-order valence-corrected chi connectivity index (χ3v) is 3.89. The molecule has 0 fully saturated rings. The maximum atomic E-state index is 12.5. The van der Waals surface area contributed by atoms with E-state index in [9.17, 15) is 9.59 Å². The first kappa shape index (κ1) is 15.9. The summed E-state index contributed by atoms with van der Waals surface area (Å²) in [6.07, 6.45) is 3.35. The summed E-state index contributed by atoms with van der Waals surface area (Å²) < 4.78 is 0. The number of pyridine rings is 1. The van der Waals surface area contributed by atoms with Crippen molar-refractivity contribution in [2.24, 2.45) is 5.41 Å². The van der Waals surface area contributed by atoms with E-state index in [1.807, 2.05) is 32.9 Å². The molecule has 2 aromatic heterocycles. The molecule has 0 amide bonds. The van der Waals surface area contributed by atoms with E-state index in [1.54, 1.807) is 30.6 Å². The number of nitrogens with zero attached hydrogens (tertiary/aromatic N) is 1. The molecule has 3 rings (SSSR count). The van der Waals surface area contributed by atoms with E-state index >= 15 is 0 Å². The molecule has 2 heterocycles. The van der Waals surface area contributed by atoms with Gasteiger partial charge in [0, 0.05) is 22.6 Å². The molecule has 122 valence electrons. The number of benzene rings is 1. The van der Waals surface area contributed by atoms with E-state index in [-0.39, 0.29) is 11.3 Å². The second-order valence-electron chi connectivity index (χ2n) is 6.80. The number of Topliss-reactive ketones (excluding diaryl/α,β-unsaturated/α-hetero) is 1. The van der Waals surface area contributed by atoms with Crippen LogP contribution in [-0.4, -0.2) is 26.8 Å². The summed E-state index contributed by atoms with van der Waals surface area (Å²) in [4.78, 5) is 31.0. The quantitative estimate of drug-likeness (QED) is 0.709. The van der Waals surface area contributed by atoms with E-state index < -0.39 is 11.4 Å². The normalized spacial score (nSPS) is 11.6. The van der Waals surface area contributed by atoms with Gasteiger partial charge in [0.15, 0.2) is 5.78 Å². The molecule has 0 saturated heterocycles. The SMILES string of the molecule is CC(C)(C)C(=O)c1cc2c(-c3cccc(C(=O)O)c3)cncc2[nH]1. The Morgan fingerprint density at radius 3 is 2.54 bits per heavy atom. The van der Waals surface area contributed by atoms with Gasteiger partial charge in [-0.15, -0.1) is 0 Å². The zero-order valence-corrected chi connectivity index (χ0v) is 13.8. The van der Waals surface area contributed by atoms with Crippen molar-refractivity contribution < 1.29 is 14.7 Å². The van der Waals surface area contributed by atoms with Crippen molar-refractivity contribution in [1.82, 2.24) is 9.97 Å². The van der Waals surface area contributed by atoms with Crippen molar-refractivity contribution >= 4 is 22.7 Å². The lowest BCUT2D eigenvalue weighted by molar-refractivity contribution is 0.0696. The highest BCUT2D eigenvalue weighted by atomic mass is 16.4. The van der Waals surface area contributed by atoms with Crippen LogP contribution in [0.25, 0.3) is 22.0 Å². The first-order chi connectivity index (χ1) is 11.3. The molecule has 0 radical (unpaired) electrons. The van der Waals surface area contributed by atoms with Crippen LogP contribution in [0.5, 0.6) is 0 Å². The average molecular weight is 322 g/mol. The molecule has 24 heavy (non-hydrogen) atoms. The van der Waals surface area contributed by atoms with Gasteiger partial charge in [-0.05, 0) is 23.8 Å². The molecule has 0 aliphatic rings. The minimum atomic E-state index is -0.977. The summed E-state index contributed by atoms with van der Waals surface area (Å²) in [5, 5.41) is 10.0. The number of ketones is 1. The van der Waals surface area contributed by atoms with Crippen molar-refractivity contribution in [3.05, 3.63) is 54.0 Å². The van der Waals surface area contributed by atoms with Crippen molar-refractivity contribution in [2.45, 2.75) is 20.8 Å². The zero-order valence-electron chi connectivity index (χ0n) is 13.8. The number of carboxylic acids is 1. The molecule has 0 bridgehead atoms. The lowest BCUT2D eigenvalue weighted by atomic mass is 9.89. The molecule has 0 aliphatic heterocycles. The summed E-state index contributed by atoms with van der Waals surface area (Å²) in [6.45, 7) is 5.61. The predicted molar refractivity (Wildman–Crippen MR) is 92.3 cm³/mol. The number of carboxylic acid groups (broad SMARTS) is 1. The minimum Gasteiger partial charge on any atom is -0.478 e. The van der Waals surface area contributed by atoms with E-state index in [0.717, 1.165) is 22.0 Å². The van der Waals surface area contributed by atoms with Gasteiger partial charge < -0.3 is 10.1 Å². The molecule has 0 saturated carbocycles. The molecule has 3 aromatic rings. The van der Waals surface area contributed by atoms with Gasteiger partial charge in [0.05, 0.1) is 23.0 Å². The predicted octanol–water partition coefficient (Wildman–Crippen LogP) is 4.16. The Labute approximate surface area is 139 Å². The molecule has 0 atom stereocenters. The smallest absolute Gasteiger partial charge is 0.335 e. The third-order valence-electron chi connectivity index (χ3n) is 3.89. The van der Waals surface area contributed by atoms with Gasteiger partial charge in [-0.2, -0.15) is 0 Å². The molecule has 0 spiro atoms. The molecule has 1 aromatic carbocycles. The van der Waals surface area contributed by atoms with Crippen LogP contribution in [-0.2, 0) is 0 Å². The minimum absolute atomic E-state index is 0.0175. The Kier molecular flexibility index (Phi) is 3.72. The van der Waals surface area contributed by atoms with Gasteiger partial charge in [0.1, 0.15) is 0 Å². The second kappa shape index (κ2) is 5.60. The van der Waals surface area contributed by atoms with Gasteiger partial charge in [0.25, 0.3) is 0 Å². The highest BCUT2D eigenvalue weighted by Crippen LogP contribution is 2.30. The first-order valence-corrected chi connectivity index (χ1v) is 7.62. The van der Waals surface area contributed by atoms with Gasteiger partial charge in [-0.1, -0.05) is 32.9 Å². The summed E-state index contributed by atoms with van der Waals surface area (Å²) in [5.74, 6) is -0.960. The number of aromatic carboxylic acids is 1. The summed E-state index contributed by atoms with van der Waals surface area (Å²) in [7, 11) is 0. The van der Waals surface area contributed by atoms with Gasteiger partial charge in [-0.25, -0.2) is 4.79 Å². The van der Waals surface area contributed by atoms with Crippen LogP contribution in [0.2, 0.25) is 0 Å².